The summed E-state index contributed by atoms with van der Waals surface area (Å²) in [5.74, 6) is -0.447. The van der Waals surface area contributed by atoms with Gasteiger partial charge in [0.15, 0.2) is 5.13 Å². The Morgan fingerprint density at radius 3 is 2.39 bits per heavy atom. The van der Waals surface area contributed by atoms with Gasteiger partial charge in [-0.2, -0.15) is 0 Å². The van der Waals surface area contributed by atoms with Crippen LogP contribution in [-0.2, 0) is 10.0 Å². The second-order valence-electron chi connectivity index (χ2n) is 5.61. The molecule has 28 heavy (non-hydrogen) atoms. The predicted molar refractivity (Wildman–Crippen MR) is 107 cm³/mol. The van der Waals surface area contributed by atoms with Crippen LogP contribution in [0.25, 0.3) is 0 Å². The number of hydrogen-bond acceptors (Lipinski definition) is 10. The Morgan fingerprint density at radius 1 is 1.21 bits per heavy atom. The summed E-state index contributed by atoms with van der Waals surface area (Å²) in [6.07, 6.45) is 0. The highest BCUT2D eigenvalue weighted by Gasteiger charge is 2.24. The van der Waals surface area contributed by atoms with E-state index in [1.165, 1.54) is 30.3 Å². The number of ketones is 1. The lowest BCUT2D eigenvalue weighted by atomic mass is 10.2. The number of carbonyl (C=O) groups is 1. The number of hydrogen-bond donors (Lipinski definition) is 3. The Hall–Kier alpha value is -2.87. The highest BCUT2D eigenvalue weighted by molar-refractivity contribution is 7.89. The van der Waals surface area contributed by atoms with Crippen LogP contribution >= 0.6 is 22.7 Å². The molecule has 2 aromatic heterocycles. The minimum Gasteiger partial charge on any atom is -0.382 e. The molecule has 3 aromatic rings. The second kappa shape index (κ2) is 7.27. The Kier molecular flexibility index (Phi) is 5.16. The fourth-order valence-corrected chi connectivity index (χ4v) is 4.65. The molecule has 0 radical (unpaired) electrons. The third-order valence-electron chi connectivity index (χ3n) is 3.58. The number of thiazole rings is 1. The normalized spacial score (nSPS) is 11.4. The van der Waals surface area contributed by atoms with Gasteiger partial charge in [-0.15, -0.1) is 0 Å². The molecule has 13 heteroatoms. The number of nitro groups is 1. The number of nitrogens with zero attached hydrogens (tertiary/aromatic N) is 2. The zero-order valence-electron chi connectivity index (χ0n) is 14.2. The quantitative estimate of drug-likeness (QED) is 0.299. The van der Waals surface area contributed by atoms with Crippen molar-refractivity contribution >= 4 is 60.1 Å². The van der Waals surface area contributed by atoms with Crippen LogP contribution in [0.1, 0.15) is 20.1 Å². The minimum absolute atomic E-state index is 0.00545. The molecule has 5 N–H and O–H groups in total. The Morgan fingerprint density at radius 2 is 1.86 bits per heavy atom. The predicted octanol–water partition coefficient (Wildman–Crippen LogP) is 2.63. The molecule has 0 aliphatic carbocycles. The van der Waals surface area contributed by atoms with Gasteiger partial charge >= 0.3 is 5.00 Å². The van der Waals surface area contributed by atoms with Gasteiger partial charge in [0.05, 0.1) is 14.7 Å². The van der Waals surface area contributed by atoms with Gasteiger partial charge < -0.3 is 11.1 Å². The third kappa shape index (κ3) is 4.01. The molecule has 10 nitrogen and oxygen atoms in total. The number of carbonyl (C=O) groups excluding carboxylic acids is 1. The molecule has 3 rings (SSSR count). The van der Waals surface area contributed by atoms with Crippen molar-refractivity contribution in [3.8, 4) is 0 Å². The van der Waals surface area contributed by atoms with Crippen molar-refractivity contribution in [1.82, 2.24) is 4.98 Å². The lowest BCUT2D eigenvalue weighted by molar-refractivity contribution is -0.380. The monoisotopic (exact) mass is 439 g/mol. The number of nitrogen functional groups attached to an aromatic ring is 1. The summed E-state index contributed by atoms with van der Waals surface area (Å²) in [7, 11) is -3.80. The van der Waals surface area contributed by atoms with E-state index in [0.717, 1.165) is 22.7 Å². The van der Waals surface area contributed by atoms with Crippen molar-refractivity contribution in [3.63, 3.8) is 0 Å². The highest BCUT2D eigenvalue weighted by atomic mass is 32.2. The Labute approximate surface area is 167 Å². The van der Waals surface area contributed by atoms with E-state index in [0.29, 0.717) is 16.4 Å². The summed E-state index contributed by atoms with van der Waals surface area (Å²) in [6.45, 7) is 1.61. The topological polar surface area (TPSA) is 171 Å². The molecule has 0 aliphatic heterocycles. The number of thiophene rings is 1. The maximum Gasteiger partial charge on any atom is 0.325 e. The van der Waals surface area contributed by atoms with E-state index in [1.54, 1.807) is 6.92 Å². The first-order valence-corrected chi connectivity index (χ1v) is 10.7. The van der Waals surface area contributed by atoms with Crippen LogP contribution in [0.15, 0.2) is 35.2 Å². The van der Waals surface area contributed by atoms with Gasteiger partial charge in [0.25, 0.3) is 0 Å². The summed E-state index contributed by atoms with van der Waals surface area (Å²) < 4.78 is 22.6. The average Bonchev–Trinajstić information content (AvgIpc) is 3.17. The van der Waals surface area contributed by atoms with Crippen LogP contribution in [0.4, 0.5) is 21.6 Å². The molecule has 2 heterocycles. The van der Waals surface area contributed by atoms with Gasteiger partial charge in [-0.05, 0) is 36.8 Å². The lowest BCUT2D eigenvalue weighted by Crippen LogP contribution is -2.11. The lowest BCUT2D eigenvalue weighted by Gasteiger charge is -2.03. The summed E-state index contributed by atoms with van der Waals surface area (Å²) in [5.41, 5.74) is 6.85. The maximum absolute atomic E-state index is 12.7. The van der Waals surface area contributed by atoms with Crippen molar-refractivity contribution in [1.29, 1.82) is 0 Å². The Balaban J connectivity index is 1.85. The molecular formula is C15H13N5O5S3. The van der Waals surface area contributed by atoms with Crippen molar-refractivity contribution in [2.45, 2.75) is 11.8 Å². The number of primary sulfonamides is 1. The maximum atomic E-state index is 12.7. The molecule has 0 atom stereocenters. The number of benzene rings is 1. The first-order chi connectivity index (χ1) is 13.1. The summed E-state index contributed by atoms with van der Waals surface area (Å²) in [4.78, 5) is 27.5. The Bertz CT molecular complexity index is 1180. The number of rotatable bonds is 6. The molecule has 0 saturated carbocycles. The zero-order valence-corrected chi connectivity index (χ0v) is 16.7. The van der Waals surface area contributed by atoms with E-state index in [1.807, 2.05) is 0 Å². The van der Waals surface area contributed by atoms with Gasteiger partial charge in [0.1, 0.15) is 10.7 Å². The molecule has 0 unspecified atom stereocenters. The fourth-order valence-electron chi connectivity index (χ4n) is 2.28. The first kappa shape index (κ1) is 19.9. The minimum atomic E-state index is -3.80. The molecule has 0 fully saturated rings. The summed E-state index contributed by atoms with van der Waals surface area (Å²) >= 11 is 1.77. The van der Waals surface area contributed by atoms with E-state index in [9.17, 15) is 23.3 Å². The van der Waals surface area contributed by atoms with Crippen LogP contribution in [0.3, 0.4) is 0 Å². The number of aromatic nitrogens is 1. The summed E-state index contributed by atoms with van der Waals surface area (Å²) in [5, 5.41) is 19.1. The van der Waals surface area contributed by atoms with Gasteiger partial charge in [-0.3, -0.25) is 14.9 Å². The van der Waals surface area contributed by atoms with Crippen molar-refractivity contribution < 1.29 is 18.1 Å². The van der Waals surface area contributed by atoms with Gasteiger partial charge in [0.2, 0.25) is 15.8 Å². The fraction of sp³-hybridized carbons (Fsp3) is 0.0667. The number of nitrogens with two attached hydrogens (primary N) is 2. The third-order valence-corrected chi connectivity index (χ3v) is 6.69. The largest absolute Gasteiger partial charge is 0.382 e. The number of sulfonamides is 1. The molecule has 0 spiro atoms. The van der Waals surface area contributed by atoms with Crippen LogP contribution in [0, 0.1) is 17.0 Å². The average molecular weight is 440 g/mol. The first-order valence-electron chi connectivity index (χ1n) is 7.52. The van der Waals surface area contributed by atoms with Crippen LogP contribution in [0.5, 0.6) is 0 Å². The SMILES string of the molecule is Cc1cc([N+](=O)[O-])sc1C(=O)c1sc(Nc2ccc(S(N)(=O)=O)cc2)nc1N. The molecule has 1 aromatic carbocycles. The van der Waals surface area contributed by atoms with Crippen molar-refractivity contribution in [2.24, 2.45) is 5.14 Å². The number of anilines is 3. The molecule has 0 aliphatic rings. The molecular weight excluding hydrogens is 426 g/mol. The van der Waals surface area contributed by atoms with Gasteiger partial charge in [-0.1, -0.05) is 22.7 Å². The van der Waals surface area contributed by atoms with Crippen molar-refractivity contribution in [3.05, 3.63) is 55.8 Å². The van der Waals surface area contributed by atoms with E-state index < -0.39 is 20.7 Å². The van der Waals surface area contributed by atoms with E-state index in [4.69, 9.17) is 10.9 Å². The van der Waals surface area contributed by atoms with Crippen LogP contribution in [0.2, 0.25) is 0 Å². The van der Waals surface area contributed by atoms with E-state index in [2.05, 4.69) is 10.3 Å². The summed E-state index contributed by atoms with van der Waals surface area (Å²) in [6, 6.07) is 6.97. The zero-order chi connectivity index (χ0) is 20.6. The molecule has 146 valence electrons. The second-order valence-corrected chi connectivity index (χ2v) is 9.20. The standard InChI is InChI=1S/C15H13N5O5S3/c1-7-6-10(20(22)23)26-12(7)11(21)13-14(16)19-15(27-13)18-8-2-4-9(5-3-8)28(17,24)25/h2-6H,16H2,1H3,(H,18,19)(H2,17,24,25). The molecule has 0 amide bonds. The van der Waals surface area contributed by atoms with Crippen LogP contribution in [-0.4, -0.2) is 24.1 Å². The van der Waals surface area contributed by atoms with E-state index in [-0.39, 0.29) is 25.5 Å². The molecule has 0 bridgehead atoms. The van der Waals surface area contributed by atoms with Crippen molar-refractivity contribution in [2.75, 3.05) is 11.1 Å². The van der Waals surface area contributed by atoms with Gasteiger partial charge in [-0.25, -0.2) is 18.5 Å². The number of aryl methyl sites for hydroxylation is 1. The van der Waals surface area contributed by atoms with Crippen LogP contribution < -0.4 is 16.2 Å². The molecule has 0 saturated heterocycles. The number of nitrogens with one attached hydrogen (secondary N) is 1. The smallest absolute Gasteiger partial charge is 0.325 e. The highest BCUT2D eigenvalue weighted by Crippen LogP contribution is 2.35. The van der Waals surface area contributed by atoms with E-state index >= 15 is 0 Å². The van der Waals surface area contributed by atoms with Gasteiger partial charge in [0, 0.05) is 11.8 Å².